The van der Waals surface area contributed by atoms with Gasteiger partial charge in [0.05, 0.1) is 13.2 Å². The summed E-state index contributed by atoms with van der Waals surface area (Å²) in [5.41, 5.74) is 21.8. The van der Waals surface area contributed by atoms with Crippen molar-refractivity contribution < 1.29 is 19.1 Å². The Morgan fingerprint density at radius 3 is 1.40 bits per heavy atom. The first-order valence-corrected chi connectivity index (χ1v) is 10.2. The van der Waals surface area contributed by atoms with E-state index in [1.54, 1.807) is 0 Å². The van der Waals surface area contributed by atoms with E-state index in [9.17, 15) is 9.59 Å². The summed E-state index contributed by atoms with van der Waals surface area (Å²) in [4.78, 5) is 23.5. The third kappa shape index (κ3) is 16.4. The van der Waals surface area contributed by atoms with Crippen molar-refractivity contribution in [2.75, 3.05) is 26.3 Å². The van der Waals surface area contributed by atoms with Gasteiger partial charge in [0, 0.05) is 13.1 Å². The van der Waals surface area contributed by atoms with E-state index in [4.69, 9.17) is 43.2 Å². The summed E-state index contributed by atoms with van der Waals surface area (Å²) in [5, 5.41) is 19.3. The van der Waals surface area contributed by atoms with Crippen molar-refractivity contribution in [2.45, 2.75) is 63.5 Å². The van der Waals surface area contributed by atoms with Gasteiger partial charge in [-0.2, -0.15) is 0 Å². The van der Waals surface area contributed by atoms with Gasteiger partial charge in [-0.1, -0.05) is 0 Å². The number of nitrogens with one attached hydrogen (secondary N) is 4. The highest BCUT2D eigenvalue weighted by atomic mass is 16.5. The Morgan fingerprint density at radius 2 is 1.07 bits per heavy atom. The fraction of sp³-hybridized carbons (Fsp3) is 0.778. The van der Waals surface area contributed by atoms with Gasteiger partial charge in [-0.05, 0) is 51.4 Å². The van der Waals surface area contributed by atoms with Crippen molar-refractivity contribution in [1.82, 2.24) is 10.6 Å². The minimum atomic E-state index is -0.680. The average molecular weight is 431 g/mol. The highest BCUT2D eigenvalue weighted by Crippen LogP contribution is 2.04. The summed E-state index contributed by atoms with van der Waals surface area (Å²) in [6, 6.07) is -1.36. The van der Waals surface area contributed by atoms with E-state index >= 15 is 0 Å². The molecule has 2 atom stereocenters. The number of nitrogens with two attached hydrogens (primary N) is 4. The van der Waals surface area contributed by atoms with E-state index in [0.29, 0.717) is 64.8 Å². The van der Waals surface area contributed by atoms with E-state index in [1.165, 1.54) is 0 Å². The Hall–Kier alpha value is -2.60. The monoisotopic (exact) mass is 430 g/mol. The van der Waals surface area contributed by atoms with E-state index < -0.39 is 24.0 Å². The van der Waals surface area contributed by atoms with Gasteiger partial charge in [0.2, 0.25) is 0 Å². The number of carbonyl (C=O) groups excluding carboxylic acids is 2. The average Bonchev–Trinajstić information content (AvgIpc) is 2.69. The van der Waals surface area contributed by atoms with Crippen molar-refractivity contribution in [2.24, 2.45) is 22.9 Å². The minimum Gasteiger partial charge on any atom is -0.465 e. The summed E-state index contributed by atoms with van der Waals surface area (Å²) in [6.45, 7) is 1.58. The fourth-order valence-corrected chi connectivity index (χ4v) is 2.44. The van der Waals surface area contributed by atoms with Crippen LogP contribution in [0, 0.1) is 10.8 Å². The Kier molecular flexibility index (Phi) is 15.8. The normalized spacial score (nSPS) is 12.5. The SMILES string of the molecule is N=C(N)NCCCC(N)C(=O)OCCCCCCOC(=O)C(N)CCCNC(=N)N. The molecule has 12 N–H and O–H groups in total. The second-order valence-electron chi connectivity index (χ2n) is 6.93. The van der Waals surface area contributed by atoms with Gasteiger partial charge in [0.25, 0.3) is 0 Å². The Balaban J connectivity index is 3.57. The molecule has 0 saturated carbocycles. The van der Waals surface area contributed by atoms with Gasteiger partial charge in [0.15, 0.2) is 11.9 Å². The number of hydrogen-bond donors (Lipinski definition) is 8. The molecule has 0 aliphatic rings. The molecule has 0 radical (unpaired) electrons. The van der Waals surface area contributed by atoms with Crippen LogP contribution in [0.25, 0.3) is 0 Å². The number of ether oxygens (including phenoxy) is 2. The van der Waals surface area contributed by atoms with Crippen LogP contribution in [0.5, 0.6) is 0 Å². The molecule has 0 aliphatic carbocycles. The first-order chi connectivity index (χ1) is 14.2. The fourth-order valence-electron chi connectivity index (χ4n) is 2.44. The van der Waals surface area contributed by atoms with Crippen LogP contribution < -0.4 is 33.6 Å². The largest absolute Gasteiger partial charge is 0.465 e. The maximum absolute atomic E-state index is 11.7. The summed E-state index contributed by atoms with van der Waals surface area (Å²) in [7, 11) is 0. The molecule has 0 aromatic carbocycles. The molecule has 0 fully saturated rings. The van der Waals surface area contributed by atoms with Crippen LogP contribution in [0.1, 0.15) is 51.4 Å². The zero-order valence-corrected chi connectivity index (χ0v) is 17.6. The van der Waals surface area contributed by atoms with Crippen LogP contribution in [0.4, 0.5) is 0 Å². The number of carbonyl (C=O) groups is 2. The van der Waals surface area contributed by atoms with Crippen LogP contribution in [0.15, 0.2) is 0 Å². The number of esters is 2. The smallest absolute Gasteiger partial charge is 0.322 e. The van der Waals surface area contributed by atoms with Gasteiger partial charge in [-0.3, -0.25) is 20.4 Å². The molecule has 0 amide bonds. The zero-order valence-electron chi connectivity index (χ0n) is 17.6. The number of guanidine groups is 2. The molecule has 2 unspecified atom stereocenters. The van der Waals surface area contributed by atoms with Crippen molar-refractivity contribution in [1.29, 1.82) is 10.8 Å². The standard InChI is InChI=1S/C18H38N8O4/c19-13(7-5-9-25-17(21)22)15(27)29-11-3-1-2-4-12-30-16(28)14(20)8-6-10-26-18(23)24/h13-14H,1-12,19-20H2,(H4,21,22,25)(H4,23,24,26). The summed E-state index contributed by atoms with van der Waals surface area (Å²) in [6.07, 6.45) is 5.25. The highest BCUT2D eigenvalue weighted by Gasteiger charge is 2.15. The lowest BCUT2D eigenvalue weighted by molar-refractivity contribution is -0.146. The Morgan fingerprint density at radius 1 is 0.700 bits per heavy atom. The molecule has 12 heteroatoms. The number of rotatable bonds is 17. The predicted molar refractivity (Wildman–Crippen MR) is 115 cm³/mol. The third-order valence-corrected chi connectivity index (χ3v) is 4.15. The van der Waals surface area contributed by atoms with Gasteiger partial charge in [-0.15, -0.1) is 0 Å². The maximum Gasteiger partial charge on any atom is 0.322 e. The van der Waals surface area contributed by atoms with E-state index in [1.807, 2.05) is 0 Å². The van der Waals surface area contributed by atoms with Gasteiger partial charge in [0.1, 0.15) is 12.1 Å². The van der Waals surface area contributed by atoms with E-state index in [-0.39, 0.29) is 11.9 Å². The molecule has 0 aromatic heterocycles. The molecule has 0 aromatic rings. The van der Waals surface area contributed by atoms with Crippen LogP contribution in [-0.4, -0.2) is 62.2 Å². The Bertz CT molecular complexity index is 486. The molecule has 0 rings (SSSR count). The van der Waals surface area contributed by atoms with Crippen molar-refractivity contribution in [3.63, 3.8) is 0 Å². The Labute approximate surface area is 177 Å². The molecule has 174 valence electrons. The lowest BCUT2D eigenvalue weighted by Gasteiger charge is -2.12. The van der Waals surface area contributed by atoms with Crippen molar-refractivity contribution in [3.8, 4) is 0 Å². The summed E-state index contributed by atoms with van der Waals surface area (Å²) >= 11 is 0. The number of hydrogen-bond acceptors (Lipinski definition) is 8. The summed E-state index contributed by atoms with van der Waals surface area (Å²) in [5.74, 6) is -1.08. The molecule has 0 bridgehead atoms. The van der Waals surface area contributed by atoms with E-state index in [0.717, 1.165) is 12.8 Å². The lowest BCUT2D eigenvalue weighted by atomic mass is 10.1. The van der Waals surface area contributed by atoms with Crippen molar-refractivity contribution in [3.05, 3.63) is 0 Å². The second-order valence-corrected chi connectivity index (χ2v) is 6.93. The molecular weight excluding hydrogens is 392 g/mol. The van der Waals surface area contributed by atoms with Gasteiger partial charge < -0.3 is 43.0 Å². The topological polar surface area (TPSA) is 228 Å². The van der Waals surface area contributed by atoms with Gasteiger partial charge >= 0.3 is 11.9 Å². The first-order valence-electron chi connectivity index (χ1n) is 10.2. The van der Waals surface area contributed by atoms with Gasteiger partial charge in [-0.25, -0.2) is 0 Å². The molecule has 12 nitrogen and oxygen atoms in total. The summed E-state index contributed by atoms with van der Waals surface area (Å²) < 4.78 is 10.3. The predicted octanol–water partition coefficient (Wildman–Crippen LogP) is -1.19. The molecule has 30 heavy (non-hydrogen) atoms. The molecule has 0 saturated heterocycles. The molecule has 0 spiro atoms. The minimum absolute atomic E-state index is 0.109. The van der Waals surface area contributed by atoms with Crippen LogP contribution in [0.2, 0.25) is 0 Å². The maximum atomic E-state index is 11.7. The quantitative estimate of drug-likeness (QED) is 0.0595. The van der Waals surface area contributed by atoms with Crippen LogP contribution in [-0.2, 0) is 19.1 Å². The van der Waals surface area contributed by atoms with Crippen molar-refractivity contribution >= 4 is 23.9 Å². The molecule has 0 aliphatic heterocycles. The number of unbranched alkanes of at least 4 members (excludes halogenated alkanes) is 3. The third-order valence-electron chi connectivity index (χ3n) is 4.15. The molecule has 0 heterocycles. The van der Waals surface area contributed by atoms with E-state index in [2.05, 4.69) is 10.6 Å². The second kappa shape index (κ2) is 17.3. The molecular formula is C18H38N8O4. The van der Waals surface area contributed by atoms with Crippen LogP contribution >= 0.6 is 0 Å². The van der Waals surface area contributed by atoms with Crippen LogP contribution in [0.3, 0.4) is 0 Å². The zero-order chi connectivity index (χ0) is 22.8. The first kappa shape index (κ1) is 27.4. The highest BCUT2D eigenvalue weighted by molar-refractivity contribution is 5.76. The lowest BCUT2D eigenvalue weighted by Crippen LogP contribution is -2.35.